The number of ether oxygens (including phenoxy) is 1. The molecule has 0 spiro atoms. The highest BCUT2D eigenvalue weighted by Crippen LogP contribution is 2.29. The lowest BCUT2D eigenvalue weighted by Gasteiger charge is -2.26. The second-order valence-corrected chi connectivity index (χ2v) is 10.4. The quantitative estimate of drug-likeness (QED) is 0.352. The molecule has 3 rings (SSSR count). The highest BCUT2D eigenvalue weighted by molar-refractivity contribution is 7.89. The monoisotopic (exact) mass is 517 g/mol. The Morgan fingerprint density at radius 1 is 1.00 bits per heavy atom. The van der Waals surface area contributed by atoms with Gasteiger partial charge in [0, 0.05) is 22.0 Å². The zero-order chi connectivity index (χ0) is 24.7. The summed E-state index contributed by atoms with van der Waals surface area (Å²) < 4.78 is 34.2. The van der Waals surface area contributed by atoms with Crippen LogP contribution >= 0.6 is 23.2 Å². The maximum atomic E-state index is 13.3. The summed E-state index contributed by atoms with van der Waals surface area (Å²) >= 11 is 12.3. The first-order valence-electron chi connectivity index (χ1n) is 10.5. The maximum Gasteiger partial charge on any atom is 0.306 e. The summed E-state index contributed by atoms with van der Waals surface area (Å²) in [5, 5.41) is 1.03. The second-order valence-electron chi connectivity index (χ2n) is 7.82. The SMILES string of the molecule is COC(=O)C[C@@H](c1cccc(Cl)c1)[C@@H](/C=C/c1cccc(Cl)c1)NS(=O)(=O)c1ccc(C)cc1. The second kappa shape index (κ2) is 11.7. The Kier molecular flexibility index (Phi) is 8.91. The minimum absolute atomic E-state index is 0.0577. The summed E-state index contributed by atoms with van der Waals surface area (Å²) in [6.45, 7) is 1.88. The van der Waals surface area contributed by atoms with Crippen LogP contribution in [0.3, 0.4) is 0 Å². The topological polar surface area (TPSA) is 72.5 Å². The largest absolute Gasteiger partial charge is 0.469 e. The first kappa shape index (κ1) is 26.0. The first-order valence-corrected chi connectivity index (χ1v) is 12.8. The van der Waals surface area contributed by atoms with E-state index in [4.69, 9.17) is 27.9 Å². The molecule has 0 fully saturated rings. The lowest BCUT2D eigenvalue weighted by Crippen LogP contribution is -2.38. The predicted molar refractivity (Wildman–Crippen MR) is 137 cm³/mol. The molecule has 3 aromatic rings. The van der Waals surface area contributed by atoms with Crippen LogP contribution in [0.15, 0.2) is 83.8 Å². The van der Waals surface area contributed by atoms with Gasteiger partial charge < -0.3 is 4.74 Å². The molecule has 0 bridgehead atoms. The van der Waals surface area contributed by atoms with Gasteiger partial charge in [0.05, 0.1) is 18.4 Å². The van der Waals surface area contributed by atoms with Gasteiger partial charge in [0.15, 0.2) is 0 Å². The molecule has 2 atom stereocenters. The van der Waals surface area contributed by atoms with Gasteiger partial charge in [-0.15, -0.1) is 0 Å². The number of esters is 1. The van der Waals surface area contributed by atoms with Gasteiger partial charge in [-0.1, -0.05) is 77.3 Å². The molecule has 5 nitrogen and oxygen atoms in total. The van der Waals surface area contributed by atoms with E-state index in [0.717, 1.165) is 11.1 Å². The zero-order valence-electron chi connectivity index (χ0n) is 18.7. The lowest BCUT2D eigenvalue weighted by molar-refractivity contribution is -0.141. The van der Waals surface area contributed by atoms with Crippen molar-refractivity contribution in [3.05, 3.63) is 106 Å². The van der Waals surface area contributed by atoms with E-state index in [1.54, 1.807) is 78.9 Å². The van der Waals surface area contributed by atoms with Crippen molar-refractivity contribution in [2.75, 3.05) is 7.11 Å². The summed E-state index contributed by atoms with van der Waals surface area (Å²) in [6.07, 6.45) is 3.42. The van der Waals surface area contributed by atoms with Crippen molar-refractivity contribution >= 4 is 45.3 Å². The van der Waals surface area contributed by atoms with E-state index in [-0.39, 0.29) is 11.3 Å². The maximum absolute atomic E-state index is 13.3. The van der Waals surface area contributed by atoms with E-state index < -0.39 is 28.0 Å². The van der Waals surface area contributed by atoms with Crippen LogP contribution in [0.25, 0.3) is 6.08 Å². The Bertz CT molecular complexity index is 1270. The molecular formula is C26H25Cl2NO4S. The van der Waals surface area contributed by atoms with E-state index in [0.29, 0.717) is 15.6 Å². The molecule has 0 heterocycles. The van der Waals surface area contributed by atoms with Crippen LogP contribution in [0.2, 0.25) is 10.0 Å². The van der Waals surface area contributed by atoms with Crippen LogP contribution < -0.4 is 4.72 Å². The van der Waals surface area contributed by atoms with Gasteiger partial charge in [0.25, 0.3) is 0 Å². The van der Waals surface area contributed by atoms with E-state index in [2.05, 4.69) is 4.72 Å². The van der Waals surface area contributed by atoms with Crippen LogP contribution in [0.5, 0.6) is 0 Å². The van der Waals surface area contributed by atoms with Crippen molar-refractivity contribution in [1.82, 2.24) is 4.72 Å². The fourth-order valence-electron chi connectivity index (χ4n) is 3.50. The van der Waals surface area contributed by atoms with Gasteiger partial charge in [-0.2, -0.15) is 0 Å². The average molecular weight is 518 g/mol. The van der Waals surface area contributed by atoms with E-state index >= 15 is 0 Å². The smallest absolute Gasteiger partial charge is 0.306 e. The van der Waals surface area contributed by atoms with E-state index in [1.165, 1.54) is 7.11 Å². The normalized spacial score (nSPS) is 13.5. The fraction of sp³-hybridized carbons (Fsp3) is 0.192. The predicted octanol–water partition coefficient (Wildman–Crippen LogP) is 6.01. The number of methoxy groups -OCH3 is 1. The van der Waals surface area contributed by atoms with Gasteiger partial charge >= 0.3 is 5.97 Å². The van der Waals surface area contributed by atoms with E-state index in [9.17, 15) is 13.2 Å². The number of sulfonamides is 1. The molecule has 8 heteroatoms. The summed E-state index contributed by atoms with van der Waals surface area (Å²) in [5.41, 5.74) is 2.43. The van der Waals surface area contributed by atoms with Crippen molar-refractivity contribution in [2.45, 2.75) is 30.2 Å². The molecule has 0 radical (unpaired) electrons. The Morgan fingerprint density at radius 2 is 1.65 bits per heavy atom. The number of halogens is 2. The molecule has 0 saturated heterocycles. The average Bonchev–Trinajstić information content (AvgIpc) is 2.80. The van der Waals surface area contributed by atoms with Gasteiger partial charge in [-0.25, -0.2) is 13.1 Å². The highest BCUT2D eigenvalue weighted by atomic mass is 35.5. The molecule has 3 aromatic carbocycles. The van der Waals surface area contributed by atoms with Crippen LogP contribution in [0, 0.1) is 6.92 Å². The summed E-state index contributed by atoms with van der Waals surface area (Å²) in [5.74, 6) is -1.05. The van der Waals surface area contributed by atoms with Gasteiger partial charge in [0.2, 0.25) is 10.0 Å². The molecule has 1 N–H and O–H groups in total. The summed E-state index contributed by atoms with van der Waals surface area (Å²) in [7, 11) is -2.61. The molecule has 0 amide bonds. The molecule has 0 saturated carbocycles. The molecule has 0 unspecified atom stereocenters. The lowest BCUT2D eigenvalue weighted by atomic mass is 9.88. The van der Waals surface area contributed by atoms with Crippen molar-refractivity contribution in [1.29, 1.82) is 0 Å². The number of rotatable bonds is 9. The first-order chi connectivity index (χ1) is 16.2. The van der Waals surface area contributed by atoms with Gasteiger partial charge in [0.1, 0.15) is 0 Å². The number of benzene rings is 3. The van der Waals surface area contributed by atoms with Crippen molar-refractivity contribution in [3.8, 4) is 0 Å². The molecule has 0 aliphatic carbocycles. The van der Waals surface area contributed by atoms with Crippen LogP contribution in [-0.2, 0) is 19.6 Å². The highest BCUT2D eigenvalue weighted by Gasteiger charge is 2.29. The minimum Gasteiger partial charge on any atom is -0.469 e. The van der Waals surface area contributed by atoms with E-state index in [1.807, 2.05) is 13.0 Å². The standard InChI is InChI=1S/C26H25Cl2NO4S/c1-18-9-12-23(13-10-18)34(31,32)29-25(14-11-19-5-3-7-21(27)15-19)24(17-26(30)33-2)20-6-4-8-22(28)16-20/h3-16,24-25,29H,17H2,1-2H3/b14-11+/t24-,25+/m0/s1. The van der Waals surface area contributed by atoms with Crippen LogP contribution in [-0.4, -0.2) is 27.5 Å². The third-order valence-corrected chi connectivity index (χ3v) is 7.24. The Hall–Kier alpha value is -2.64. The third-order valence-electron chi connectivity index (χ3n) is 5.29. The Morgan fingerprint density at radius 3 is 2.26 bits per heavy atom. The zero-order valence-corrected chi connectivity index (χ0v) is 21.1. The molecule has 0 aliphatic rings. The number of hydrogen-bond acceptors (Lipinski definition) is 4. The molecular weight excluding hydrogens is 493 g/mol. The van der Waals surface area contributed by atoms with Crippen molar-refractivity contribution in [3.63, 3.8) is 0 Å². The number of aryl methyl sites for hydroxylation is 1. The van der Waals surface area contributed by atoms with Gasteiger partial charge in [-0.3, -0.25) is 4.79 Å². The Balaban J connectivity index is 2.06. The van der Waals surface area contributed by atoms with Crippen molar-refractivity contribution in [2.24, 2.45) is 0 Å². The molecule has 0 aromatic heterocycles. The van der Waals surface area contributed by atoms with Crippen LogP contribution in [0.4, 0.5) is 0 Å². The number of nitrogens with one attached hydrogen (secondary N) is 1. The third kappa shape index (κ3) is 7.18. The minimum atomic E-state index is -3.91. The summed E-state index contributed by atoms with van der Waals surface area (Å²) in [4.78, 5) is 12.4. The summed E-state index contributed by atoms with van der Waals surface area (Å²) in [6, 6.07) is 19.9. The van der Waals surface area contributed by atoms with Crippen LogP contribution in [0.1, 0.15) is 29.0 Å². The van der Waals surface area contributed by atoms with Gasteiger partial charge in [-0.05, 0) is 54.4 Å². The molecule has 34 heavy (non-hydrogen) atoms. The number of hydrogen-bond donors (Lipinski definition) is 1. The molecule has 0 aliphatic heterocycles. The van der Waals surface area contributed by atoms with Crippen molar-refractivity contribution < 1.29 is 17.9 Å². The molecule has 178 valence electrons. The number of carbonyl (C=O) groups excluding carboxylic acids is 1. The number of carbonyl (C=O) groups is 1. The fourth-order valence-corrected chi connectivity index (χ4v) is 5.13. The Labute approximate surface area is 210 Å².